The number of nitrogens with one attached hydrogen (secondary N) is 2. The summed E-state index contributed by atoms with van der Waals surface area (Å²) in [6, 6.07) is 12.6. The van der Waals surface area contributed by atoms with Gasteiger partial charge in [0.25, 0.3) is 0 Å². The van der Waals surface area contributed by atoms with Crippen LogP contribution in [0.4, 0.5) is 4.39 Å². The summed E-state index contributed by atoms with van der Waals surface area (Å²) in [5, 5.41) is 3.82. The van der Waals surface area contributed by atoms with Crippen LogP contribution in [0.5, 0.6) is 0 Å². The molecule has 0 unspecified atom stereocenters. The Bertz CT molecular complexity index is 886. The average molecular weight is 326 g/mol. The van der Waals surface area contributed by atoms with E-state index in [2.05, 4.69) is 10.3 Å². The predicted molar refractivity (Wildman–Crippen MR) is 92.2 cm³/mol. The van der Waals surface area contributed by atoms with Crippen LogP contribution in [0.25, 0.3) is 22.2 Å². The fraction of sp³-hybridized carbons (Fsp3) is 0.211. The highest BCUT2D eigenvalue weighted by atomic mass is 19.1. The first-order valence-corrected chi connectivity index (χ1v) is 7.72. The van der Waals surface area contributed by atoms with Gasteiger partial charge in [0.2, 0.25) is 5.91 Å². The number of methoxy groups -OCH3 is 1. The third kappa shape index (κ3) is 3.16. The summed E-state index contributed by atoms with van der Waals surface area (Å²) in [7, 11) is 1.49. The minimum atomic E-state index is -0.251. The molecule has 0 saturated heterocycles. The molecule has 0 aliphatic heterocycles. The van der Waals surface area contributed by atoms with Crippen LogP contribution in [0, 0.1) is 12.7 Å². The zero-order valence-electron chi connectivity index (χ0n) is 13.7. The summed E-state index contributed by atoms with van der Waals surface area (Å²) < 4.78 is 18.9. The standard InChI is InChI=1S/C19H19FN2O2/c1-12-15-9-13(10-21-18(23)11-24-2)7-8-17(15)22-19(12)14-5-3-4-6-16(14)20/h3-9,22H,10-11H2,1-2H3,(H,21,23). The fourth-order valence-electron chi connectivity index (χ4n) is 2.80. The van der Waals surface area contributed by atoms with Gasteiger partial charge in [-0.05, 0) is 42.3 Å². The zero-order valence-corrected chi connectivity index (χ0v) is 13.7. The number of aromatic nitrogens is 1. The topological polar surface area (TPSA) is 54.1 Å². The Labute approximate surface area is 139 Å². The van der Waals surface area contributed by atoms with E-state index in [-0.39, 0.29) is 18.3 Å². The van der Waals surface area contributed by atoms with E-state index in [4.69, 9.17) is 4.74 Å². The molecule has 0 aliphatic carbocycles. The second-order valence-electron chi connectivity index (χ2n) is 5.69. The molecule has 1 aromatic heterocycles. The van der Waals surface area contributed by atoms with Crippen molar-refractivity contribution in [2.45, 2.75) is 13.5 Å². The molecule has 0 aliphatic rings. The van der Waals surface area contributed by atoms with Crippen molar-refractivity contribution in [3.8, 4) is 11.3 Å². The second kappa shape index (κ2) is 6.84. The highest BCUT2D eigenvalue weighted by Gasteiger charge is 2.13. The van der Waals surface area contributed by atoms with Crippen molar-refractivity contribution >= 4 is 16.8 Å². The SMILES string of the molecule is COCC(=O)NCc1ccc2[nH]c(-c3ccccc3F)c(C)c2c1. The highest BCUT2D eigenvalue weighted by Crippen LogP contribution is 2.31. The molecule has 0 spiro atoms. The molecule has 1 amide bonds. The number of benzene rings is 2. The molecule has 0 fully saturated rings. The van der Waals surface area contributed by atoms with Crippen LogP contribution in [0.2, 0.25) is 0 Å². The summed E-state index contributed by atoms with van der Waals surface area (Å²) in [6.45, 7) is 2.44. The third-order valence-corrected chi connectivity index (χ3v) is 4.03. The van der Waals surface area contributed by atoms with E-state index in [9.17, 15) is 9.18 Å². The Morgan fingerprint density at radius 1 is 1.25 bits per heavy atom. The Morgan fingerprint density at radius 2 is 2.04 bits per heavy atom. The molecule has 1 heterocycles. The molecule has 0 bridgehead atoms. The molecule has 0 atom stereocenters. The van der Waals surface area contributed by atoms with Gasteiger partial charge in [0.15, 0.2) is 0 Å². The number of fused-ring (bicyclic) bond motifs is 1. The maximum absolute atomic E-state index is 14.1. The minimum Gasteiger partial charge on any atom is -0.375 e. The molecule has 0 saturated carbocycles. The average Bonchev–Trinajstić information content (AvgIpc) is 2.90. The number of ether oxygens (including phenoxy) is 1. The molecule has 124 valence electrons. The van der Waals surface area contributed by atoms with E-state index in [1.807, 2.05) is 31.2 Å². The zero-order chi connectivity index (χ0) is 17.1. The van der Waals surface area contributed by atoms with Gasteiger partial charge < -0.3 is 15.0 Å². The number of amides is 1. The lowest BCUT2D eigenvalue weighted by molar-refractivity contribution is -0.124. The van der Waals surface area contributed by atoms with Crippen LogP contribution in [-0.4, -0.2) is 24.6 Å². The third-order valence-electron chi connectivity index (χ3n) is 4.03. The van der Waals surface area contributed by atoms with Crippen molar-refractivity contribution in [1.29, 1.82) is 0 Å². The number of carbonyl (C=O) groups excluding carboxylic acids is 1. The number of halogens is 1. The van der Waals surface area contributed by atoms with Crippen LogP contribution in [0.15, 0.2) is 42.5 Å². The maximum atomic E-state index is 14.1. The quantitative estimate of drug-likeness (QED) is 0.753. The summed E-state index contributed by atoms with van der Waals surface area (Å²) in [6.07, 6.45) is 0. The van der Waals surface area contributed by atoms with Crippen LogP contribution in [0.1, 0.15) is 11.1 Å². The molecule has 2 aromatic carbocycles. The van der Waals surface area contributed by atoms with Crippen molar-refractivity contribution in [2.24, 2.45) is 0 Å². The Balaban J connectivity index is 1.92. The van der Waals surface area contributed by atoms with Crippen molar-refractivity contribution in [3.63, 3.8) is 0 Å². The van der Waals surface area contributed by atoms with Crippen molar-refractivity contribution in [3.05, 3.63) is 59.4 Å². The molecule has 2 N–H and O–H groups in total. The highest BCUT2D eigenvalue weighted by molar-refractivity contribution is 5.91. The second-order valence-corrected chi connectivity index (χ2v) is 5.69. The normalized spacial score (nSPS) is 11.0. The van der Waals surface area contributed by atoms with Crippen molar-refractivity contribution in [2.75, 3.05) is 13.7 Å². The fourth-order valence-corrected chi connectivity index (χ4v) is 2.80. The van der Waals surface area contributed by atoms with Crippen LogP contribution >= 0.6 is 0 Å². The molecule has 4 nitrogen and oxygen atoms in total. The van der Waals surface area contributed by atoms with Gasteiger partial charge in [-0.25, -0.2) is 4.39 Å². The maximum Gasteiger partial charge on any atom is 0.246 e. The lowest BCUT2D eigenvalue weighted by Gasteiger charge is -2.05. The smallest absolute Gasteiger partial charge is 0.246 e. The Morgan fingerprint density at radius 3 is 2.79 bits per heavy atom. The van der Waals surface area contributed by atoms with Crippen molar-refractivity contribution in [1.82, 2.24) is 10.3 Å². The number of carbonyl (C=O) groups is 1. The van der Waals surface area contributed by atoms with Crippen LogP contribution < -0.4 is 5.32 Å². The molecular formula is C19H19FN2O2. The summed E-state index contributed by atoms with van der Waals surface area (Å²) in [5.74, 6) is -0.408. The van der Waals surface area contributed by atoms with Gasteiger partial charge in [-0.2, -0.15) is 0 Å². The molecular weight excluding hydrogens is 307 g/mol. The number of H-pyrrole nitrogens is 1. The molecule has 24 heavy (non-hydrogen) atoms. The molecule has 0 radical (unpaired) electrons. The van der Waals surface area contributed by atoms with Gasteiger partial charge in [0, 0.05) is 30.1 Å². The number of hydrogen-bond acceptors (Lipinski definition) is 2. The monoisotopic (exact) mass is 326 g/mol. The van der Waals surface area contributed by atoms with Gasteiger partial charge in [0.1, 0.15) is 12.4 Å². The predicted octanol–water partition coefficient (Wildman–Crippen LogP) is 3.55. The van der Waals surface area contributed by atoms with Crippen molar-refractivity contribution < 1.29 is 13.9 Å². The van der Waals surface area contributed by atoms with Gasteiger partial charge in [-0.1, -0.05) is 18.2 Å². The summed E-state index contributed by atoms with van der Waals surface area (Å²) >= 11 is 0. The molecule has 5 heteroatoms. The Hall–Kier alpha value is -2.66. The first-order valence-electron chi connectivity index (χ1n) is 7.72. The van der Waals surface area contributed by atoms with E-state index < -0.39 is 0 Å². The van der Waals surface area contributed by atoms with E-state index in [1.165, 1.54) is 13.2 Å². The largest absolute Gasteiger partial charge is 0.375 e. The summed E-state index contributed by atoms with van der Waals surface area (Å²) in [4.78, 5) is 14.8. The minimum absolute atomic E-state index is 0.0445. The first kappa shape index (κ1) is 16.2. The van der Waals surface area contributed by atoms with Gasteiger partial charge in [-0.3, -0.25) is 4.79 Å². The number of aromatic amines is 1. The number of rotatable bonds is 5. The Kier molecular flexibility index (Phi) is 4.62. The lowest BCUT2D eigenvalue weighted by atomic mass is 10.0. The lowest BCUT2D eigenvalue weighted by Crippen LogP contribution is -2.26. The van der Waals surface area contributed by atoms with E-state index in [0.717, 1.165) is 27.7 Å². The summed E-state index contributed by atoms with van der Waals surface area (Å²) in [5.41, 5.74) is 4.25. The van der Waals surface area contributed by atoms with E-state index in [0.29, 0.717) is 12.1 Å². The number of hydrogen-bond donors (Lipinski definition) is 2. The van der Waals surface area contributed by atoms with Gasteiger partial charge in [0.05, 0.1) is 5.69 Å². The van der Waals surface area contributed by atoms with Gasteiger partial charge >= 0.3 is 0 Å². The van der Waals surface area contributed by atoms with Crippen LogP contribution in [0.3, 0.4) is 0 Å². The van der Waals surface area contributed by atoms with E-state index >= 15 is 0 Å². The molecule has 3 aromatic rings. The van der Waals surface area contributed by atoms with Gasteiger partial charge in [-0.15, -0.1) is 0 Å². The number of aryl methyl sites for hydroxylation is 1. The van der Waals surface area contributed by atoms with Crippen LogP contribution in [-0.2, 0) is 16.1 Å². The molecule has 3 rings (SSSR count). The van der Waals surface area contributed by atoms with E-state index in [1.54, 1.807) is 12.1 Å². The first-order chi connectivity index (χ1) is 11.6.